The summed E-state index contributed by atoms with van der Waals surface area (Å²) < 4.78 is 37.8. The van der Waals surface area contributed by atoms with Crippen LogP contribution in [-0.2, 0) is 6.54 Å². The summed E-state index contributed by atoms with van der Waals surface area (Å²) in [6.45, 7) is 0.365. The van der Waals surface area contributed by atoms with Crippen LogP contribution in [0.5, 0.6) is 0 Å². The molecule has 2 nitrogen and oxygen atoms in total. The quantitative estimate of drug-likeness (QED) is 0.906. The lowest BCUT2D eigenvalue weighted by Crippen LogP contribution is -2.01. The minimum absolute atomic E-state index is 0.0340. The van der Waals surface area contributed by atoms with Crippen molar-refractivity contribution in [2.24, 2.45) is 0 Å². The van der Waals surface area contributed by atoms with Crippen molar-refractivity contribution in [3.63, 3.8) is 0 Å². The van der Waals surface area contributed by atoms with Gasteiger partial charge in [-0.2, -0.15) is 5.26 Å². The Kier molecular flexibility index (Phi) is 4.26. The molecular formula is C15H11F3N2. The van der Waals surface area contributed by atoms with E-state index in [1.807, 2.05) is 6.07 Å². The van der Waals surface area contributed by atoms with Crippen LogP contribution in [0.2, 0.25) is 0 Å². The van der Waals surface area contributed by atoms with Gasteiger partial charge in [-0.15, -0.1) is 0 Å². The fourth-order valence-electron chi connectivity index (χ4n) is 1.74. The molecule has 0 spiro atoms. The molecule has 5 heteroatoms. The van der Waals surface area contributed by atoms with Crippen molar-refractivity contribution in [2.75, 3.05) is 5.32 Å². The predicted molar refractivity (Wildman–Crippen MR) is 69.8 cm³/mol. The largest absolute Gasteiger partial charge is 0.380 e. The Labute approximate surface area is 114 Å². The number of anilines is 1. The molecule has 0 saturated carbocycles. The summed E-state index contributed by atoms with van der Waals surface area (Å²) in [5, 5.41) is 11.9. The second kappa shape index (κ2) is 6.11. The Morgan fingerprint density at radius 2 is 1.80 bits per heavy atom. The smallest absolute Gasteiger partial charge is 0.263 e. The van der Waals surface area contributed by atoms with Crippen molar-refractivity contribution >= 4 is 5.69 Å². The first kappa shape index (κ1) is 13.9. The Balaban J connectivity index is 2.07. The average molecular weight is 276 g/mol. The average Bonchev–Trinajstić information content (AvgIpc) is 2.46. The third-order valence-corrected chi connectivity index (χ3v) is 2.82. The van der Waals surface area contributed by atoms with E-state index in [1.165, 1.54) is 24.3 Å². The molecule has 20 heavy (non-hydrogen) atoms. The first-order valence-electron chi connectivity index (χ1n) is 5.90. The number of nitrogens with one attached hydrogen (secondary N) is 1. The number of hydrogen-bond acceptors (Lipinski definition) is 2. The molecule has 0 fully saturated rings. The minimum Gasteiger partial charge on any atom is -0.380 e. The molecule has 0 aliphatic rings. The van der Waals surface area contributed by atoms with E-state index in [0.717, 1.165) is 11.6 Å². The van der Waals surface area contributed by atoms with Crippen molar-refractivity contribution in [1.82, 2.24) is 0 Å². The number of rotatable bonds is 4. The molecule has 0 amide bonds. The molecule has 0 bridgehead atoms. The van der Waals surface area contributed by atoms with Crippen LogP contribution in [0.25, 0.3) is 0 Å². The molecule has 0 radical (unpaired) electrons. The lowest BCUT2D eigenvalue weighted by atomic mass is 10.1. The van der Waals surface area contributed by atoms with Crippen molar-refractivity contribution < 1.29 is 13.2 Å². The van der Waals surface area contributed by atoms with Crippen LogP contribution in [-0.4, -0.2) is 0 Å². The number of alkyl halides is 2. The second-order valence-electron chi connectivity index (χ2n) is 4.20. The second-order valence-corrected chi connectivity index (χ2v) is 4.20. The molecule has 1 N–H and O–H groups in total. The van der Waals surface area contributed by atoms with E-state index in [4.69, 9.17) is 5.26 Å². The van der Waals surface area contributed by atoms with Gasteiger partial charge >= 0.3 is 0 Å². The number of benzene rings is 2. The standard InChI is InChI=1S/C15H11F3N2/c16-13-5-6-14(12(7-13)8-19)20-9-10-1-3-11(4-2-10)15(17)18/h1-7,15,20H,9H2. The van der Waals surface area contributed by atoms with Gasteiger partial charge in [0, 0.05) is 12.1 Å². The van der Waals surface area contributed by atoms with Gasteiger partial charge in [0.2, 0.25) is 0 Å². The zero-order chi connectivity index (χ0) is 14.5. The third-order valence-electron chi connectivity index (χ3n) is 2.82. The molecule has 0 aliphatic heterocycles. The van der Waals surface area contributed by atoms with Crippen molar-refractivity contribution in [3.8, 4) is 6.07 Å². The van der Waals surface area contributed by atoms with Crippen molar-refractivity contribution in [1.29, 1.82) is 5.26 Å². The van der Waals surface area contributed by atoms with Gasteiger partial charge in [-0.1, -0.05) is 24.3 Å². The van der Waals surface area contributed by atoms with Crippen molar-refractivity contribution in [2.45, 2.75) is 13.0 Å². The van der Waals surface area contributed by atoms with Crippen molar-refractivity contribution in [3.05, 3.63) is 65.0 Å². The van der Waals surface area contributed by atoms with E-state index < -0.39 is 12.2 Å². The Morgan fingerprint density at radius 3 is 2.40 bits per heavy atom. The lowest BCUT2D eigenvalue weighted by molar-refractivity contribution is 0.151. The summed E-state index contributed by atoms with van der Waals surface area (Å²) in [4.78, 5) is 0. The van der Waals surface area contributed by atoms with Crippen LogP contribution in [0.4, 0.5) is 18.9 Å². The molecule has 0 aliphatic carbocycles. The van der Waals surface area contributed by atoms with Gasteiger partial charge in [0.1, 0.15) is 11.9 Å². The van der Waals surface area contributed by atoms with Gasteiger partial charge in [-0.3, -0.25) is 0 Å². The molecule has 0 heterocycles. The summed E-state index contributed by atoms with van der Waals surface area (Å²) >= 11 is 0. The van der Waals surface area contributed by atoms with Crippen LogP contribution in [0.1, 0.15) is 23.1 Å². The van der Waals surface area contributed by atoms with Crippen LogP contribution in [0, 0.1) is 17.1 Å². The fourth-order valence-corrected chi connectivity index (χ4v) is 1.74. The molecule has 0 aromatic heterocycles. The van der Waals surface area contributed by atoms with Gasteiger partial charge in [0.05, 0.1) is 11.3 Å². The minimum atomic E-state index is -2.49. The number of hydrogen-bond donors (Lipinski definition) is 1. The van der Waals surface area contributed by atoms with Crippen LogP contribution in [0.3, 0.4) is 0 Å². The van der Waals surface area contributed by atoms with E-state index in [9.17, 15) is 13.2 Å². The van der Waals surface area contributed by atoms with E-state index in [2.05, 4.69) is 5.32 Å². The molecule has 0 unspecified atom stereocenters. The van der Waals surface area contributed by atoms with E-state index in [1.54, 1.807) is 12.1 Å². The van der Waals surface area contributed by atoms with E-state index >= 15 is 0 Å². The number of halogens is 3. The van der Waals surface area contributed by atoms with E-state index in [-0.39, 0.29) is 11.1 Å². The van der Waals surface area contributed by atoms with Gasteiger partial charge in [-0.25, -0.2) is 13.2 Å². The molecular weight excluding hydrogens is 265 g/mol. The molecule has 2 aromatic carbocycles. The van der Waals surface area contributed by atoms with Crippen LogP contribution in [0.15, 0.2) is 42.5 Å². The Morgan fingerprint density at radius 1 is 1.10 bits per heavy atom. The van der Waals surface area contributed by atoms with Crippen LogP contribution >= 0.6 is 0 Å². The SMILES string of the molecule is N#Cc1cc(F)ccc1NCc1ccc(C(F)F)cc1. The molecule has 2 aromatic rings. The molecule has 102 valence electrons. The van der Waals surface area contributed by atoms with E-state index in [0.29, 0.717) is 12.2 Å². The summed E-state index contributed by atoms with van der Waals surface area (Å²) in [5.74, 6) is -0.478. The highest BCUT2D eigenvalue weighted by molar-refractivity contribution is 5.57. The topological polar surface area (TPSA) is 35.8 Å². The third kappa shape index (κ3) is 3.29. The highest BCUT2D eigenvalue weighted by atomic mass is 19.3. The Hall–Kier alpha value is -2.48. The fraction of sp³-hybridized carbons (Fsp3) is 0.133. The number of nitriles is 1. The summed E-state index contributed by atoms with van der Waals surface area (Å²) in [6.07, 6.45) is -2.49. The number of nitrogens with zero attached hydrogens (tertiary/aromatic N) is 1. The lowest BCUT2D eigenvalue weighted by Gasteiger charge is -2.09. The Bertz CT molecular complexity index is 631. The molecule has 0 atom stereocenters. The first-order chi connectivity index (χ1) is 9.60. The first-order valence-corrected chi connectivity index (χ1v) is 5.90. The molecule has 0 saturated heterocycles. The maximum absolute atomic E-state index is 13.0. The van der Waals surface area contributed by atoms with Gasteiger partial charge in [-0.05, 0) is 23.8 Å². The molecule has 2 rings (SSSR count). The summed E-state index contributed by atoms with van der Waals surface area (Å²) in [6, 6.07) is 11.7. The summed E-state index contributed by atoms with van der Waals surface area (Å²) in [5.41, 5.74) is 1.47. The zero-order valence-electron chi connectivity index (χ0n) is 10.4. The highest BCUT2D eigenvalue weighted by Gasteiger charge is 2.06. The van der Waals surface area contributed by atoms with Gasteiger partial charge in [0.25, 0.3) is 6.43 Å². The summed E-state index contributed by atoms with van der Waals surface area (Å²) in [7, 11) is 0. The van der Waals surface area contributed by atoms with Crippen LogP contribution < -0.4 is 5.32 Å². The zero-order valence-corrected chi connectivity index (χ0v) is 10.4. The maximum Gasteiger partial charge on any atom is 0.263 e. The monoisotopic (exact) mass is 276 g/mol. The predicted octanol–water partition coefficient (Wildman–Crippen LogP) is 4.25. The van der Waals surface area contributed by atoms with Gasteiger partial charge in [0.15, 0.2) is 0 Å². The normalized spacial score (nSPS) is 10.3. The van der Waals surface area contributed by atoms with Gasteiger partial charge < -0.3 is 5.32 Å². The highest BCUT2D eigenvalue weighted by Crippen LogP contribution is 2.20. The maximum atomic E-state index is 13.0.